The number of benzene rings is 1. The molecule has 18 heavy (non-hydrogen) atoms. The molecule has 0 aliphatic rings. The van der Waals surface area contributed by atoms with Crippen LogP contribution in [0.2, 0.25) is 0 Å². The van der Waals surface area contributed by atoms with Crippen molar-refractivity contribution >= 4 is 5.91 Å². The summed E-state index contributed by atoms with van der Waals surface area (Å²) < 4.78 is 13.5. The number of amides is 1. The lowest BCUT2D eigenvalue weighted by Crippen LogP contribution is -2.40. The summed E-state index contributed by atoms with van der Waals surface area (Å²) >= 11 is 0. The third-order valence-corrected chi connectivity index (χ3v) is 2.78. The van der Waals surface area contributed by atoms with Crippen LogP contribution in [-0.2, 0) is 0 Å². The van der Waals surface area contributed by atoms with E-state index in [0.29, 0.717) is 6.42 Å². The number of carbonyl (C=O) groups excluding carboxylic acids is 1. The average molecular weight is 253 g/mol. The summed E-state index contributed by atoms with van der Waals surface area (Å²) in [5.74, 6) is -1.04. The van der Waals surface area contributed by atoms with Crippen LogP contribution in [0.15, 0.2) is 18.2 Å². The number of halogens is 1. The van der Waals surface area contributed by atoms with Crippen molar-refractivity contribution in [3.8, 4) is 0 Å². The fourth-order valence-electron chi connectivity index (χ4n) is 1.81. The van der Waals surface area contributed by atoms with Gasteiger partial charge in [0, 0.05) is 6.54 Å². The summed E-state index contributed by atoms with van der Waals surface area (Å²) in [7, 11) is 0. The Morgan fingerprint density at radius 2 is 2.17 bits per heavy atom. The Hall–Kier alpha value is -1.42. The fraction of sp³-hybridized carbons (Fsp3) is 0.500. The molecular formula is C14H20FNO2. The summed E-state index contributed by atoms with van der Waals surface area (Å²) in [6.45, 7) is 5.52. The van der Waals surface area contributed by atoms with Gasteiger partial charge in [-0.2, -0.15) is 0 Å². The van der Waals surface area contributed by atoms with Crippen LogP contribution in [0.3, 0.4) is 0 Å². The first kappa shape index (κ1) is 14.6. The Labute approximate surface area is 107 Å². The number of aryl methyl sites for hydroxylation is 1. The minimum Gasteiger partial charge on any atom is -0.388 e. The van der Waals surface area contributed by atoms with Gasteiger partial charge in [0.25, 0.3) is 5.91 Å². The lowest BCUT2D eigenvalue weighted by molar-refractivity contribution is 0.0468. The molecule has 0 fully saturated rings. The standard InChI is InChI=1S/C14H20FNO2/c1-4-7-14(3,18)9-16-13(17)11-8-10(2)5-6-12(11)15/h5-6,8,18H,4,7,9H2,1-3H3,(H,16,17). The van der Waals surface area contributed by atoms with E-state index in [1.807, 2.05) is 6.92 Å². The first-order chi connectivity index (χ1) is 8.35. The second kappa shape index (κ2) is 5.96. The second-order valence-corrected chi connectivity index (χ2v) is 4.91. The first-order valence-electron chi connectivity index (χ1n) is 6.12. The minimum absolute atomic E-state index is 0.0160. The molecule has 1 unspecified atom stereocenters. The first-order valence-corrected chi connectivity index (χ1v) is 6.12. The normalized spacial score (nSPS) is 14.1. The molecular weight excluding hydrogens is 233 g/mol. The summed E-state index contributed by atoms with van der Waals surface area (Å²) in [6.07, 6.45) is 1.41. The summed E-state index contributed by atoms with van der Waals surface area (Å²) in [5, 5.41) is 12.5. The maximum Gasteiger partial charge on any atom is 0.254 e. The van der Waals surface area contributed by atoms with Crippen LogP contribution < -0.4 is 5.32 Å². The predicted octanol–water partition coefficient (Wildman–Crippen LogP) is 2.42. The van der Waals surface area contributed by atoms with E-state index in [4.69, 9.17) is 0 Å². The van der Waals surface area contributed by atoms with Gasteiger partial charge < -0.3 is 10.4 Å². The summed E-state index contributed by atoms with van der Waals surface area (Å²) in [5.41, 5.74) is -0.116. The summed E-state index contributed by atoms with van der Waals surface area (Å²) in [4.78, 5) is 11.8. The topological polar surface area (TPSA) is 49.3 Å². The smallest absolute Gasteiger partial charge is 0.254 e. The largest absolute Gasteiger partial charge is 0.388 e. The number of nitrogens with one attached hydrogen (secondary N) is 1. The molecule has 2 N–H and O–H groups in total. The molecule has 1 aromatic carbocycles. The molecule has 3 nitrogen and oxygen atoms in total. The van der Waals surface area contributed by atoms with E-state index in [2.05, 4.69) is 5.32 Å². The number of rotatable bonds is 5. The summed E-state index contributed by atoms with van der Waals surface area (Å²) in [6, 6.07) is 4.38. The van der Waals surface area contributed by atoms with Crippen molar-refractivity contribution in [2.75, 3.05) is 6.54 Å². The second-order valence-electron chi connectivity index (χ2n) is 4.91. The zero-order chi connectivity index (χ0) is 13.8. The molecule has 0 aliphatic carbocycles. The predicted molar refractivity (Wildman–Crippen MR) is 69.0 cm³/mol. The quantitative estimate of drug-likeness (QED) is 0.846. The van der Waals surface area contributed by atoms with Gasteiger partial charge >= 0.3 is 0 Å². The minimum atomic E-state index is -0.954. The number of hydrogen-bond donors (Lipinski definition) is 2. The van der Waals surface area contributed by atoms with Gasteiger partial charge in [-0.1, -0.05) is 25.0 Å². The van der Waals surface area contributed by atoms with Gasteiger partial charge in [-0.05, 0) is 32.4 Å². The molecule has 0 saturated carbocycles. The van der Waals surface area contributed by atoms with E-state index in [-0.39, 0.29) is 12.1 Å². The highest BCUT2D eigenvalue weighted by molar-refractivity contribution is 5.94. The molecule has 0 aliphatic heterocycles. The van der Waals surface area contributed by atoms with Crippen molar-refractivity contribution < 1.29 is 14.3 Å². The lowest BCUT2D eigenvalue weighted by Gasteiger charge is -2.23. The van der Waals surface area contributed by atoms with Crippen molar-refractivity contribution in [1.29, 1.82) is 0 Å². The van der Waals surface area contributed by atoms with Gasteiger partial charge in [0.15, 0.2) is 0 Å². The molecule has 0 aromatic heterocycles. The van der Waals surface area contributed by atoms with Crippen LogP contribution in [0, 0.1) is 12.7 Å². The Morgan fingerprint density at radius 3 is 2.78 bits per heavy atom. The molecule has 1 amide bonds. The van der Waals surface area contributed by atoms with Crippen LogP contribution in [0.5, 0.6) is 0 Å². The van der Waals surface area contributed by atoms with E-state index in [1.54, 1.807) is 19.9 Å². The molecule has 0 radical (unpaired) electrons. The van der Waals surface area contributed by atoms with Crippen molar-refractivity contribution in [2.24, 2.45) is 0 Å². The molecule has 1 rings (SSSR count). The van der Waals surface area contributed by atoms with Crippen LogP contribution in [-0.4, -0.2) is 23.2 Å². The zero-order valence-corrected chi connectivity index (χ0v) is 11.1. The van der Waals surface area contributed by atoms with Gasteiger partial charge in [-0.15, -0.1) is 0 Å². The average Bonchev–Trinajstić information content (AvgIpc) is 2.29. The third kappa shape index (κ3) is 4.11. The molecule has 0 saturated heterocycles. The maximum atomic E-state index is 13.5. The number of aliphatic hydroxyl groups is 1. The van der Waals surface area contributed by atoms with E-state index in [1.165, 1.54) is 12.1 Å². The van der Waals surface area contributed by atoms with Gasteiger partial charge in [-0.3, -0.25) is 4.79 Å². The molecule has 0 spiro atoms. The van der Waals surface area contributed by atoms with Gasteiger partial charge in [-0.25, -0.2) is 4.39 Å². The Bertz CT molecular complexity index is 430. The SMILES string of the molecule is CCCC(C)(O)CNC(=O)c1cc(C)ccc1F. The molecule has 100 valence electrons. The lowest BCUT2D eigenvalue weighted by atomic mass is 10.0. The molecule has 1 atom stereocenters. The van der Waals surface area contributed by atoms with Gasteiger partial charge in [0.05, 0.1) is 11.2 Å². The van der Waals surface area contributed by atoms with E-state index >= 15 is 0 Å². The third-order valence-electron chi connectivity index (χ3n) is 2.78. The van der Waals surface area contributed by atoms with Gasteiger partial charge in [0.2, 0.25) is 0 Å². The van der Waals surface area contributed by atoms with Crippen LogP contribution in [0.4, 0.5) is 4.39 Å². The van der Waals surface area contributed by atoms with E-state index in [9.17, 15) is 14.3 Å². The fourth-order valence-corrected chi connectivity index (χ4v) is 1.81. The Balaban J connectivity index is 2.69. The van der Waals surface area contributed by atoms with Crippen molar-refractivity contribution in [3.63, 3.8) is 0 Å². The van der Waals surface area contributed by atoms with Crippen molar-refractivity contribution in [3.05, 3.63) is 35.1 Å². The Morgan fingerprint density at radius 1 is 1.50 bits per heavy atom. The van der Waals surface area contributed by atoms with Crippen molar-refractivity contribution in [2.45, 2.75) is 39.2 Å². The van der Waals surface area contributed by atoms with E-state index < -0.39 is 17.3 Å². The molecule has 4 heteroatoms. The number of carbonyl (C=O) groups is 1. The zero-order valence-electron chi connectivity index (χ0n) is 11.1. The molecule has 1 aromatic rings. The van der Waals surface area contributed by atoms with Gasteiger partial charge in [0.1, 0.15) is 5.82 Å². The highest BCUT2D eigenvalue weighted by atomic mass is 19.1. The highest BCUT2D eigenvalue weighted by Crippen LogP contribution is 2.12. The Kier molecular flexibility index (Phi) is 4.84. The van der Waals surface area contributed by atoms with Crippen LogP contribution in [0.25, 0.3) is 0 Å². The molecule has 0 bridgehead atoms. The maximum absolute atomic E-state index is 13.5. The molecule has 0 heterocycles. The van der Waals surface area contributed by atoms with Crippen molar-refractivity contribution in [1.82, 2.24) is 5.32 Å². The highest BCUT2D eigenvalue weighted by Gasteiger charge is 2.21. The van der Waals surface area contributed by atoms with Crippen LogP contribution >= 0.6 is 0 Å². The van der Waals surface area contributed by atoms with E-state index in [0.717, 1.165) is 12.0 Å². The monoisotopic (exact) mass is 253 g/mol. The number of hydrogen-bond acceptors (Lipinski definition) is 2. The van der Waals surface area contributed by atoms with Crippen LogP contribution in [0.1, 0.15) is 42.6 Å².